The Hall–Kier alpha value is -1.44. The lowest BCUT2D eigenvalue weighted by molar-refractivity contribution is -0.115. The highest BCUT2D eigenvalue weighted by Gasteiger charge is 1.88. The molecule has 1 aromatic rings. The lowest BCUT2D eigenvalue weighted by Crippen LogP contribution is -1.95. The molecule has 0 aliphatic carbocycles. The topological polar surface area (TPSA) is 29.4 Å². The number of rotatable bonds is 3. The second kappa shape index (κ2) is 4.55. The van der Waals surface area contributed by atoms with Gasteiger partial charge in [-0.05, 0) is 19.4 Å². The number of aliphatic imine (C=N–C) groups is 1. The van der Waals surface area contributed by atoms with Gasteiger partial charge in [0.25, 0.3) is 0 Å². The van der Waals surface area contributed by atoms with Gasteiger partial charge in [0.15, 0.2) is 5.78 Å². The lowest BCUT2D eigenvalue weighted by atomic mass is 10.2. The number of carbonyl (C=O) groups excluding carboxylic acids is 1. The Labute approximate surface area is 78.3 Å². The van der Waals surface area contributed by atoms with Gasteiger partial charge in [-0.3, -0.25) is 9.79 Å². The Morgan fingerprint density at radius 1 is 1.38 bits per heavy atom. The zero-order valence-corrected chi connectivity index (χ0v) is 7.95. The van der Waals surface area contributed by atoms with Crippen LogP contribution >= 0.6 is 0 Å². The minimum atomic E-state index is 0.0864. The van der Waals surface area contributed by atoms with E-state index in [4.69, 9.17) is 0 Å². The molecule has 0 unspecified atom stereocenters. The first kappa shape index (κ1) is 9.65. The van der Waals surface area contributed by atoms with Crippen LogP contribution in [0, 0.1) is 6.92 Å². The number of Topliss-reactive ketones (excluding diaryl/α,β-unsaturated/α-hetero) is 1. The van der Waals surface area contributed by atoms with Crippen LogP contribution in [0.15, 0.2) is 29.3 Å². The number of aryl methyl sites for hydroxylation is 1. The van der Waals surface area contributed by atoms with Crippen molar-refractivity contribution in [1.29, 1.82) is 0 Å². The van der Waals surface area contributed by atoms with Gasteiger partial charge in [0, 0.05) is 6.21 Å². The third kappa shape index (κ3) is 3.65. The summed E-state index contributed by atoms with van der Waals surface area (Å²) >= 11 is 0. The smallest absolute Gasteiger partial charge is 0.151 e. The predicted molar refractivity (Wildman–Crippen MR) is 54.3 cm³/mol. The van der Waals surface area contributed by atoms with E-state index in [1.165, 1.54) is 12.5 Å². The van der Waals surface area contributed by atoms with Gasteiger partial charge in [-0.15, -0.1) is 0 Å². The maximum atomic E-state index is 10.6. The van der Waals surface area contributed by atoms with E-state index in [9.17, 15) is 4.79 Å². The molecule has 1 rings (SSSR count). The van der Waals surface area contributed by atoms with Crippen molar-refractivity contribution >= 4 is 12.0 Å². The Morgan fingerprint density at radius 2 is 2.00 bits per heavy atom. The fraction of sp³-hybridized carbons (Fsp3) is 0.273. The summed E-state index contributed by atoms with van der Waals surface area (Å²) in [4.78, 5) is 14.6. The first-order valence-electron chi connectivity index (χ1n) is 4.24. The van der Waals surface area contributed by atoms with E-state index < -0.39 is 0 Å². The Bertz CT molecular complexity index is 311. The molecule has 68 valence electrons. The van der Waals surface area contributed by atoms with Crippen LogP contribution in [0.4, 0.5) is 0 Å². The minimum Gasteiger partial charge on any atom is -0.298 e. The summed E-state index contributed by atoms with van der Waals surface area (Å²) in [6, 6.07) is 8.02. The first-order valence-corrected chi connectivity index (χ1v) is 4.24. The van der Waals surface area contributed by atoms with Gasteiger partial charge >= 0.3 is 0 Å². The van der Waals surface area contributed by atoms with Crippen LogP contribution in [-0.4, -0.2) is 18.5 Å². The molecule has 0 aliphatic heterocycles. The fourth-order valence-corrected chi connectivity index (χ4v) is 0.932. The van der Waals surface area contributed by atoms with E-state index in [1.54, 1.807) is 6.21 Å². The molecule has 0 aliphatic rings. The monoisotopic (exact) mass is 175 g/mol. The summed E-state index contributed by atoms with van der Waals surface area (Å²) in [6.07, 6.45) is 1.72. The molecule has 13 heavy (non-hydrogen) atoms. The molecule has 0 aromatic heterocycles. The van der Waals surface area contributed by atoms with E-state index >= 15 is 0 Å². The van der Waals surface area contributed by atoms with E-state index in [2.05, 4.69) is 4.99 Å². The first-order chi connectivity index (χ1) is 6.18. The van der Waals surface area contributed by atoms with Gasteiger partial charge in [0.05, 0.1) is 6.54 Å². The maximum Gasteiger partial charge on any atom is 0.151 e. The van der Waals surface area contributed by atoms with Crippen LogP contribution in [0.3, 0.4) is 0 Å². The van der Waals surface area contributed by atoms with Crippen molar-refractivity contribution in [1.82, 2.24) is 0 Å². The number of carbonyl (C=O) groups is 1. The van der Waals surface area contributed by atoms with E-state index in [-0.39, 0.29) is 12.3 Å². The standard InChI is InChI=1S/C11H13NO/c1-9-3-5-11(6-4-9)8-12-7-10(2)13/h3-6,8H,7H2,1-2H3. The molecule has 0 amide bonds. The third-order valence-corrected chi connectivity index (χ3v) is 1.63. The van der Waals surface area contributed by atoms with Crippen molar-refractivity contribution in [2.45, 2.75) is 13.8 Å². The number of benzene rings is 1. The molecule has 2 heteroatoms. The van der Waals surface area contributed by atoms with Crippen molar-refractivity contribution in [3.05, 3.63) is 35.4 Å². The predicted octanol–water partition coefficient (Wildman–Crippen LogP) is 2.00. The van der Waals surface area contributed by atoms with Gasteiger partial charge in [-0.2, -0.15) is 0 Å². The van der Waals surface area contributed by atoms with Gasteiger partial charge < -0.3 is 0 Å². The molecule has 0 N–H and O–H groups in total. The van der Waals surface area contributed by atoms with Gasteiger partial charge in [-0.1, -0.05) is 29.8 Å². The highest BCUT2D eigenvalue weighted by atomic mass is 16.1. The van der Waals surface area contributed by atoms with Crippen molar-refractivity contribution < 1.29 is 4.79 Å². The Kier molecular flexibility index (Phi) is 3.38. The average Bonchev–Trinajstić information content (AvgIpc) is 2.08. The van der Waals surface area contributed by atoms with Gasteiger partial charge in [0.1, 0.15) is 0 Å². The van der Waals surface area contributed by atoms with Crippen molar-refractivity contribution in [3.63, 3.8) is 0 Å². The van der Waals surface area contributed by atoms with E-state index in [0.29, 0.717) is 0 Å². The third-order valence-electron chi connectivity index (χ3n) is 1.63. The molecule has 0 spiro atoms. The van der Waals surface area contributed by atoms with Crippen LogP contribution in [0.2, 0.25) is 0 Å². The van der Waals surface area contributed by atoms with Crippen LogP contribution in [0.5, 0.6) is 0 Å². The largest absolute Gasteiger partial charge is 0.298 e. The van der Waals surface area contributed by atoms with Crippen molar-refractivity contribution in [2.24, 2.45) is 4.99 Å². The van der Waals surface area contributed by atoms with Gasteiger partial charge in [-0.25, -0.2) is 0 Å². The highest BCUT2D eigenvalue weighted by molar-refractivity contribution is 5.84. The molecule has 0 bridgehead atoms. The molecular formula is C11H13NO. The number of nitrogens with zero attached hydrogens (tertiary/aromatic N) is 1. The minimum absolute atomic E-state index is 0.0864. The second-order valence-electron chi connectivity index (χ2n) is 3.08. The van der Waals surface area contributed by atoms with E-state index in [1.807, 2.05) is 31.2 Å². The molecule has 2 nitrogen and oxygen atoms in total. The molecule has 1 aromatic carbocycles. The molecule has 0 fully saturated rings. The number of hydrogen-bond donors (Lipinski definition) is 0. The lowest BCUT2D eigenvalue weighted by Gasteiger charge is -1.93. The molecule has 0 heterocycles. The van der Waals surface area contributed by atoms with Crippen molar-refractivity contribution in [3.8, 4) is 0 Å². The zero-order chi connectivity index (χ0) is 9.68. The molecule has 0 radical (unpaired) electrons. The maximum absolute atomic E-state index is 10.6. The summed E-state index contributed by atoms with van der Waals surface area (Å²) in [5.74, 6) is 0.0864. The van der Waals surface area contributed by atoms with Gasteiger partial charge in [0.2, 0.25) is 0 Å². The number of ketones is 1. The molecule has 0 atom stereocenters. The Morgan fingerprint density at radius 3 is 2.54 bits per heavy atom. The summed E-state index contributed by atoms with van der Waals surface area (Å²) < 4.78 is 0. The van der Waals surface area contributed by atoms with E-state index in [0.717, 1.165) is 5.56 Å². The second-order valence-corrected chi connectivity index (χ2v) is 3.08. The normalized spacial score (nSPS) is 10.6. The molecule has 0 saturated heterocycles. The van der Waals surface area contributed by atoms with Crippen LogP contribution in [0.25, 0.3) is 0 Å². The SMILES string of the molecule is CC(=O)CN=Cc1ccc(C)cc1. The molecular weight excluding hydrogens is 162 g/mol. The van der Waals surface area contributed by atoms with Crippen LogP contribution in [-0.2, 0) is 4.79 Å². The van der Waals surface area contributed by atoms with Crippen LogP contribution < -0.4 is 0 Å². The zero-order valence-electron chi connectivity index (χ0n) is 7.95. The van der Waals surface area contributed by atoms with Crippen molar-refractivity contribution in [2.75, 3.05) is 6.54 Å². The van der Waals surface area contributed by atoms with Crippen LogP contribution in [0.1, 0.15) is 18.1 Å². The Balaban J connectivity index is 2.59. The summed E-state index contributed by atoms with van der Waals surface area (Å²) in [5.41, 5.74) is 2.26. The quantitative estimate of drug-likeness (QED) is 0.646. The fourth-order valence-electron chi connectivity index (χ4n) is 0.932. The highest BCUT2D eigenvalue weighted by Crippen LogP contribution is 1.99. The molecule has 0 saturated carbocycles. The summed E-state index contributed by atoms with van der Waals surface area (Å²) in [6.45, 7) is 3.84. The average molecular weight is 175 g/mol. The summed E-state index contributed by atoms with van der Waals surface area (Å²) in [7, 11) is 0. The number of hydrogen-bond acceptors (Lipinski definition) is 2. The summed E-state index contributed by atoms with van der Waals surface area (Å²) in [5, 5.41) is 0.